The van der Waals surface area contributed by atoms with E-state index in [4.69, 9.17) is 11.6 Å². The van der Waals surface area contributed by atoms with Crippen molar-refractivity contribution >= 4 is 90.4 Å². The number of hydrogen-bond donors (Lipinski definition) is 0. The summed E-state index contributed by atoms with van der Waals surface area (Å²) >= 11 is 5.80. The predicted octanol–water partition coefficient (Wildman–Crippen LogP) is -3.85. The molecule has 1 fully saturated rings. The van der Waals surface area contributed by atoms with Crippen molar-refractivity contribution in [1.82, 2.24) is 14.5 Å². The van der Waals surface area contributed by atoms with Gasteiger partial charge in [0.1, 0.15) is 45.3 Å². The molecule has 0 radical (unpaired) electrons. The second-order valence-electron chi connectivity index (χ2n) is 11.5. The van der Waals surface area contributed by atoms with Gasteiger partial charge in [-0.3, -0.25) is 19.2 Å². The molecule has 194 valence electrons. The molecule has 7 nitrogen and oxygen atoms in total. The van der Waals surface area contributed by atoms with E-state index >= 15 is 8.78 Å². The van der Waals surface area contributed by atoms with Crippen LogP contribution in [0.3, 0.4) is 0 Å². The Bertz CT molecular complexity index is 1400. The Hall–Kier alpha value is -2.88. The molecule has 2 aromatic rings. The molecule has 2 unspecified atom stereocenters. The average molecular weight is 545 g/mol. The summed E-state index contributed by atoms with van der Waals surface area (Å²) in [5.41, 5.74) is 1.12. The maximum absolute atomic E-state index is 15.0. The van der Waals surface area contributed by atoms with E-state index in [1.165, 1.54) is 33.0 Å². The van der Waals surface area contributed by atoms with Gasteiger partial charge in [-0.2, -0.15) is 8.78 Å². The lowest BCUT2D eigenvalue weighted by Crippen LogP contribution is -2.67. The van der Waals surface area contributed by atoms with Crippen molar-refractivity contribution in [3.05, 3.63) is 69.7 Å². The number of carbonyl (C=O) groups excluding carboxylic acids is 4. The van der Waals surface area contributed by atoms with Crippen LogP contribution in [0.1, 0.15) is 33.0 Å². The van der Waals surface area contributed by atoms with Gasteiger partial charge in [-0.05, 0) is 34.5 Å². The van der Waals surface area contributed by atoms with Crippen LogP contribution in [0.2, 0.25) is 15.5 Å². The second-order valence-corrected chi connectivity index (χ2v) is 11.9. The van der Waals surface area contributed by atoms with Gasteiger partial charge in [0.05, 0.1) is 0 Å². The number of amides is 4. The zero-order valence-electron chi connectivity index (χ0n) is 23.0. The van der Waals surface area contributed by atoms with Crippen molar-refractivity contribution in [2.75, 3.05) is 0 Å². The fourth-order valence-corrected chi connectivity index (χ4v) is 5.51. The molecule has 2 aromatic carbocycles. The lowest BCUT2D eigenvalue weighted by Gasteiger charge is -2.54. The largest absolute Gasteiger partial charge is 0.389 e. The van der Waals surface area contributed by atoms with Gasteiger partial charge in [0.15, 0.2) is 0 Å². The van der Waals surface area contributed by atoms with Gasteiger partial charge in [-0.1, -0.05) is 41.1 Å². The Morgan fingerprint density at radius 3 is 2.26 bits per heavy atom. The number of benzene rings is 2. The zero-order chi connectivity index (χ0) is 29.2. The van der Waals surface area contributed by atoms with Crippen molar-refractivity contribution in [2.24, 2.45) is 0 Å². The molecule has 0 saturated carbocycles. The predicted molar refractivity (Wildman–Crippen MR) is 162 cm³/mol. The summed E-state index contributed by atoms with van der Waals surface area (Å²) in [7, 11) is 11.5. The van der Waals surface area contributed by atoms with Crippen molar-refractivity contribution in [3.8, 4) is 0 Å². The normalized spacial score (nSPS) is 21.0. The number of nitrogens with zero attached hydrogens (tertiary/aromatic N) is 3. The second kappa shape index (κ2) is 9.64. The van der Waals surface area contributed by atoms with E-state index in [1.54, 1.807) is 41.7 Å². The quantitative estimate of drug-likeness (QED) is 0.286. The monoisotopic (exact) mass is 545 g/mol. The molecule has 2 aliphatic heterocycles. The van der Waals surface area contributed by atoms with E-state index in [9.17, 15) is 19.2 Å². The molecule has 0 N–H and O–H groups in total. The van der Waals surface area contributed by atoms with Crippen molar-refractivity contribution < 1.29 is 28.0 Å². The minimum atomic E-state index is -3.76. The molecule has 4 amide bonds. The number of piperidine rings is 1. The average Bonchev–Trinajstić information content (AvgIpc) is 3.20. The molecule has 4 rings (SSSR count). The Balaban J connectivity index is 1.60. The molecule has 1 saturated heterocycles. The smallest absolute Gasteiger partial charge is 0.348 e. The molecular formula is C22H25B7ClF2N3O4. The summed E-state index contributed by atoms with van der Waals surface area (Å²) in [5.74, 6) is -6.97. The highest BCUT2D eigenvalue weighted by atomic mass is 35.5. The molecule has 2 aliphatic rings. The number of imide groups is 1. The fourth-order valence-electron chi connectivity index (χ4n) is 5.39. The van der Waals surface area contributed by atoms with Gasteiger partial charge in [-0.25, -0.2) is 0 Å². The van der Waals surface area contributed by atoms with Gasteiger partial charge in [0.25, 0.3) is 11.8 Å². The molecule has 17 heteroatoms. The Morgan fingerprint density at radius 2 is 1.67 bits per heavy atom. The lowest BCUT2D eigenvalue weighted by atomic mass is 9.26. The molecule has 39 heavy (non-hydrogen) atoms. The number of carbonyl (C=O) groups is 4. The van der Waals surface area contributed by atoms with Crippen LogP contribution >= 0.6 is 11.6 Å². The van der Waals surface area contributed by atoms with E-state index in [0.29, 0.717) is 16.7 Å². The maximum Gasteiger partial charge on any atom is 0.348 e. The first-order chi connectivity index (χ1) is 17.9. The molecule has 0 bridgehead atoms. The molecule has 0 aromatic heterocycles. The summed E-state index contributed by atoms with van der Waals surface area (Å²) in [6, 6.07) is 8.90. The first-order valence-electron chi connectivity index (χ1n) is 12.6. The molecule has 0 spiro atoms. The highest BCUT2D eigenvalue weighted by Crippen LogP contribution is 2.52. The standard InChI is InChI=1S/C22H25B7ClF2N3O4/c23-15(34(28)18(38)20(31,32)11-2-4-12(30)5-3-11)9-1-6-13-10(7-9)8-33(16(13)36)14-17(37)35(29)19(39)22(26,27)21(14,24)25/h1-7,14-15H,8,23-29H2. The Morgan fingerprint density at radius 1 is 1.08 bits per heavy atom. The van der Waals surface area contributed by atoms with E-state index in [0.717, 1.165) is 21.8 Å². The van der Waals surface area contributed by atoms with Crippen molar-refractivity contribution in [1.29, 1.82) is 0 Å². The SMILES string of the molecule is BC(c1ccc2c(c1)CN(C1C(=O)N(B)C(=O)C(B)(B)C1(B)B)C2=O)N(B)C(=O)C(F)(F)c1ccc(Cl)cc1. The van der Waals surface area contributed by atoms with E-state index in [2.05, 4.69) is 0 Å². The minimum absolute atomic E-state index is 0.116. The molecular weight excluding hydrogens is 519 g/mol. The Labute approximate surface area is 237 Å². The number of fused-ring (bicyclic) bond motifs is 1. The molecule has 2 heterocycles. The third-order valence-corrected chi connectivity index (χ3v) is 9.08. The number of rotatable bonds is 5. The number of hydrogen-bond acceptors (Lipinski definition) is 4. The van der Waals surface area contributed by atoms with E-state index < -0.39 is 45.7 Å². The van der Waals surface area contributed by atoms with Crippen LogP contribution in [0.15, 0.2) is 42.5 Å². The van der Waals surface area contributed by atoms with E-state index in [1.807, 2.05) is 15.7 Å². The van der Waals surface area contributed by atoms with E-state index in [-0.39, 0.29) is 23.4 Å². The van der Waals surface area contributed by atoms with Crippen LogP contribution in [0, 0.1) is 0 Å². The van der Waals surface area contributed by atoms with Crippen LogP contribution in [0.5, 0.6) is 0 Å². The van der Waals surface area contributed by atoms with Crippen LogP contribution in [-0.4, -0.2) is 99.4 Å². The first-order valence-corrected chi connectivity index (χ1v) is 13.0. The van der Waals surface area contributed by atoms with Gasteiger partial charge < -0.3 is 14.5 Å². The highest BCUT2D eigenvalue weighted by molar-refractivity contribution is 6.65. The summed E-state index contributed by atoms with van der Waals surface area (Å²) in [6.07, 6.45) is 0. The maximum atomic E-state index is 15.0. The molecule has 0 aliphatic carbocycles. The summed E-state index contributed by atoms with van der Waals surface area (Å²) < 4.78 is 30.0. The van der Waals surface area contributed by atoms with Crippen LogP contribution in [0.4, 0.5) is 8.78 Å². The fraction of sp³-hybridized carbons (Fsp3) is 0.273. The summed E-state index contributed by atoms with van der Waals surface area (Å²) in [4.78, 5) is 56.0. The lowest BCUT2D eigenvalue weighted by molar-refractivity contribution is -0.154. The third-order valence-electron chi connectivity index (χ3n) is 8.83. The highest BCUT2D eigenvalue weighted by Gasteiger charge is 2.59. The van der Waals surface area contributed by atoms with Gasteiger partial charge in [0.2, 0.25) is 27.8 Å². The van der Waals surface area contributed by atoms with Crippen LogP contribution < -0.4 is 0 Å². The summed E-state index contributed by atoms with van der Waals surface area (Å²) in [6.45, 7) is 0.116. The van der Waals surface area contributed by atoms with Crippen molar-refractivity contribution in [3.63, 3.8) is 0 Å². The zero-order valence-corrected chi connectivity index (χ0v) is 23.8. The van der Waals surface area contributed by atoms with Gasteiger partial charge in [0, 0.05) is 28.6 Å². The van der Waals surface area contributed by atoms with Crippen LogP contribution in [-0.2, 0) is 26.9 Å². The first kappa shape index (κ1) is 29.1. The molecule has 2 atom stereocenters. The van der Waals surface area contributed by atoms with Crippen molar-refractivity contribution in [2.45, 2.75) is 34.9 Å². The number of alkyl halides is 2. The Kier molecular flexibility index (Phi) is 7.20. The van der Waals surface area contributed by atoms with Crippen LogP contribution in [0.25, 0.3) is 0 Å². The summed E-state index contributed by atoms with van der Waals surface area (Å²) in [5, 5.41) is -1.49. The topological polar surface area (TPSA) is 78.0 Å². The minimum Gasteiger partial charge on any atom is -0.389 e. The van der Waals surface area contributed by atoms with Gasteiger partial charge in [-0.15, -0.1) is 0 Å². The van der Waals surface area contributed by atoms with Gasteiger partial charge >= 0.3 is 5.92 Å². The third kappa shape index (κ3) is 4.44. The number of halogens is 3.